The highest BCUT2D eigenvalue weighted by Crippen LogP contribution is 2.20. The molecule has 1 aromatic carbocycles. The van der Waals surface area contributed by atoms with Crippen molar-refractivity contribution in [2.45, 2.75) is 58.3 Å². The zero-order valence-corrected chi connectivity index (χ0v) is 16.6. The van der Waals surface area contributed by atoms with Gasteiger partial charge >= 0.3 is 0 Å². The van der Waals surface area contributed by atoms with E-state index in [0.29, 0.717) is 12.6 Å². The monoisotopic (exact) mass is 383 g/mol. The molecule has 0 aliphatic carbocycles. The van der Waals surface area contributed by atoms with Gasteiger partial charge in [0.05, 0.1) is 6.26 Å². The Hall–Kier alpha value is -2.60. The van der Waals surface area contributed by atoms with Crippen LogP contribution in [0.1, 0.15) is 54.8 Å². The van der Waals surface area contributed by atoms with E-state index < -0.39 is 11.9 Å². The molecule has 2 unspecified atom stereocenters. The van der Waals surface area contributed by atoms with Crippen LogP contribution in [0.15, 0.2) is 47.1 Å². The molecule has 1 aliphatic heterocycles. The molecule has 6 heteroatoms. The molecule has 2 aromatic rings. The van der Waals surface area contributed by atoms with Crippen LogP contribution in [-0.2, 0) is 17.9 Å². The highest BCUT2D eigenvalue weighted by molar-refractivity contribution is 5.95. The summed E-state index contributed by atoms with van der Waals surface area (Å²) in [4.78, 5) is 26.9. The number of rotatable bonds is 7. The quantitative estimate of drug-likeness (QED) is 0.771. The van der Waals surface area contributed by atoms with Crippen molar-refractivity contribution in [3.63, 3.8) is 0 Å². The second kappa shape index (κ2) is 9.55. The second-order valence-electron chi connectivity index (χ2n) is 7.47. The van der Waals surface area contributed by atoms with E-state index in [1.165, 1.54) is 31.1 Å². The van der Waals surface area contributed by atoms with Gasteiger partial charge in [-0.1, -0.05) is 30.7 Å². The van der Waals surface area contributed by atoms with Gasteiger partial charge in [0.1, 0.15) is 6.04 Å². The van der Waals surface area contributed by atoms with Crippen molar-refractivity contribution in [1.82, 2.24) is 15.5 Å². The van der Waals surface area contributed by atoms with Crippen LogP contribution in [0.25, 0.3) is 0 Å². The number of piperidine rings is 1. The summed E-state index contributed by atoms with van der Waals surface area (Å²) in [6.07, 6.45) is 5.22. The standard InChI is InChI=1S/C22H29N3O3/c1-16-8-5-6-12-25(16)15-19-10-4-3-9-18(19)14-23-21(26)17(2)24-22(27)20-11-7-13-28-20/h3-4,7,9-11,13,16-17H,5-6,8,12,14-15H2,1-2H3,(H,23,26)(H,24,27). The maximum absolute atomic E-state index is 12.4. The van der Waals surface area contributed by atoms with Crippen molar-refractivity contribution in [1.29, 1.82) is 0 Å². The highest BCUT2D eigenvalue weighted by Gasteiger charge is 2.20. The van der Waals surface area contributed by atoms with E-state index in [4.69, 9.17) is 4.42 Å². The maximum Gasteiger partial charge on any atom is 0.287 e. The largest absolute Gasteiger partial charge is 0.459 e. The van der Waals surface area contributed by atoms with E-state index in [9.17, 15) is 9.59 Å². The summed E-state index contributed by atoms with van der Waals surface area (Å²) in [7, 11) is 0. The fourth-order valence-corrected chi connectivity index (χ4v) is 3.57. The lowest BCUT2D eigenvalue weighted by Crippen LogP contribution is -2.44. The average Bonchev–Trinajstić information content (AvgIpc) is 3.23. The number of nitrogens with zero attached hydrogens (tertiary/aromatic N) is 1. The van der Waals surface area contributed by atoms with Crippen LogP contribution in [0.4, 0.5) is 0 Å². The molecule has 2 N–H and O–H groups in total. The van der Waals surface area contributed by atoms with Crippen LogP contribution in [0.5, 0.6) is 0 Å². The van der Waals surface area contributed by atoms with Crippen LogP contribution in [0.3, 0.4) is 0 Å². The van der Waals surface area contributed by atoms with Crippen molar-refractivity contribution >= 4 is 11.8 Å². The Kier molecular flexibility index (Phi) is 6.87. The third kappa shape index (κ3) is 5.23. The maximum atomic E-state index is 12.4. The predicted molar refractivity (Wildman–Crippen MR) is 108 cm³/mol. The molecular formula is C22H29N3O3. The van der Waals surface area contributed by atoms with Gasteiger partial charge in [0.15, 0.2) is 5.76 Å². The van der Waals surface area contributed by atoms with Crippen LogP contribution in [0, 0.1) is 0 Å². The molecule has 150 valence electrons. The molecule has 2 atom stereocenters. The molecular weight excluding hydrogens is 354 g/mol. The number of likely N-dealkylation sites (tertiary alicyclic amines) is 1. The molecule has 1 fully saturated rings. The van der Waals surface area contributed by atoms with Gasteiger partial charge in [0.25, 0.3) is 5.91 Å². The highest BCUT2D eigenvalue weighted by atomic mass is 16.3. The van der Waals surface area contributed by atoms with E-state index in [2.05, 4.69) is 34.6 Å². The fourth-order valence-electron chi connectivity index (χ4n) is 3.57. The van der Waals surface area contributed by atoms with Gasteiger partial charge in [-0.3, -0.25) is 14.5 Å². The summed E-state index contributed by atoms with van der Waals surface area (Å²) >= 11 is 0. The van der Waals surface area contributed by atoms with Crippen LogP contribution in [0.2, 0.25) is 0 Å². The van der Waals surface area contributed by atoms with Crippen molar-refractivity contribution < 1.29 is 14.0 Å². The Bertz CT molecular complexity index is 788. The van der Waals surface area contributed by atoms with Crippen LogP contribution < -0.4 is 10.6 Å². The summed E-state index contributed by atoms with van der Waals surface area (Å²) in [5.41, 5.74) is 2.35. The molecule has 1 aliphatic rings. The Morgan fingerprint density at radius 3 is 2.68 bits per heavy atom. The number of carbonyl (C=O) groups is 2. The van der Waals surface area contributed by atoms with Gasteiger partial charge in [-0.05, 0) is 56.5 Å². The van der Waals surface area contributed by atoms with Gasteiger partial charge in [-0.15, -0.1) is 0 Å². The summed E-state index contributed by atoms with van der Waals surface area (Å²) in [5, 5.41) is 5.59. The van der Waals surface area contributed by atoms with Crippen molar-refractivity contribution in [3.05, 3.63) is 59.5 Å². The summed E-state index contributed by atoms with van der Waals surface area (Å²) in [5.74, 6) is -0.422. The van der Waals surface area contributed by atoms with Gasteiger partial charge in [0.2, 0.25) is 5.91 Å². The molecule has 0 bridgehead atoms. The molecule has 1 aromatic heterocycles. The zero-order chi connectivity index (χ0) is 19.9. The minimum Gasteiger partial charge on any atom is -0.459 e. The number of benzene rings is 1. The normalized spacial score (nSPS) is 18.4. The van der Waals surface area contributed by atoms with E-state index in [-0.39, 0.29) is 11.7 Å². The smallest absolute Gasteiger partial charge is 0.287 e. The lowest BCUT2D eigenvalue weighted by molar-refractivity contribution is -0.122. The fraction of sp³-hybridized carbons (Fsp3) is 0.455. The number of hydrogen-bond donors (Lipinski definition) is 2. The number of nitrogens with one attached hydrogen (secondary N) is 2. The minimum atomic E-state index is -0.646. The van der Waals surface area contributed by atoms with Crippen LogP contribution >= 0.6 is 0 Å². The van der Waals surface area contributed by atoms with Crippen molar-refractivity contribution in [2.24, 2.45) is 0 Å². The Balaban J connectivity index is 1.55. The van der Waals surface area contributed by atoms with Gasteiger partial charge in [0, 0.05) is 19.1 Å². The average molecular weight is 383 g/mol. The first-order valence-corrected chi connectivity index (χ1v) is 9.97. The first-order valence-electron chi connectivity index (χ1n) is 9.97. The molecule has 3 rings (SSSR count). The number of furan rings is 1. The van der Waals surface area contributed by atoms with Gasteiger partial charge in [-0.25, -0.2) is 0 Å². The van der Waals surface area contributed by atoms with E-state index in [0.717, 1.165) is 18.7 Å². The third-order valence-electron chi connectivity index (χ3n) is 5.37. The van der Waals surface area contributed by atoms with E-state index in [1.54, 1.807) is 19.1 Å². The second-order valence-corrected chi connectivity index (χ2v) is 7.47. The lowest BCUT2D eigenvalue weighted by Gasteiger charge is -2.33. The van der Waals surface area contributed by atoms with E-state index >= 15 is 0 Å². The number of hydrogen-bond acceptors (Lipinski definition) is 4. The summed E-state index contributed by atoms with van der Waals surface area (Å²) in [6.45, 7) is 6.41. The molecule has 6 nitrogen and oxygen atoms in total. The topological polar surface area (TPSA) is 74.6 Å². The Morgan fingerprint density at radius 1 is 1.18 bits per heavy atom. The zero-order valence-electron chi connectivity index (χ0n) is 16.6. The first kappa shape index (κ1) is 20.1. The molecule has 2 heterocycles. The Labute approximate surface area is 166 Å². The number of amides is 2. The minimum absolute atomic E-state index is 0.195. The summed E-state index contributed by atoms with van der Waals surface area (Å²) in [6, 6.07) is 11.4. The molecule has 0 spiro atoms. The van der Waals surface area contributed by atoms with E-state index in [1.807, 2.05) is 12.1 Å². The molecule has 0 saturated carbocycles. The SMILES string of the molecule is CC(NC(=O)c1ccco1)C(=O)NCc1ccccc1CN1CCCCC1C. The van der Waals surface area contributed by atoms with Crippen molar-refractivity contribution in [3.8, 4) is 0 Å². The molecule has 0 radical (unpaired) electrons. The first-order chi connectivity index (χ1) is 13.5. The number of carbonyl (C=O) groups excluding carboxylic acids is 2. The molecule has 28 heavy (non-hydrogen) atoms. The van der Waals surface area contributed by atoms with Gasteiger partial charge in [-0.2, -0.15) is 0 Å². The molecule has 1 saturated heterocycles. The van der Waals surface area contributed by atoms with Crippen LogP contribution in [-0.4, -0.2) is 35.3 Å². The van der Waals surface area contributed by atoms with Gasteiger partial charge < -0.3 is 15.1 Å². The lowest BCUT2D eigenvalue weighted by atomic mass is 10.0. The predicted octanol–water partition coefficient (Wildman–Crippen LogP) is 3.09. The third-order valence-corrected chi connectivity index (χ3v) is 5.37. The summed E-state index contributed by atoms with van der Waals surface area (Å²) < 4.78 is 5.05. The Morgan fingerprint density at radius 2 is 1.96 bits per heavy atom. The van der Waals surface area contributed by atoms with Crippen molar-refractivity contribution in [2.75, 3.05) is 6.54 Å². The molecule has 2 amide bonds.